The van der Waals surface area contributed by atoms with Crippen molar-refractivity contribution in [1.29, 1.82) is 0 Å². The Balaban J connectivity index is 2.26. The van der Waals surface area contributed by atoms with Crippen molar-refractivity contribution in [3.63, 3.8) is 0 Å². The number of hydrogen-bond acceptors (Lipinski definition) is 4. The van der Waals surface area contributed by atoms with Gasteiger partial charge in [-0.25, -0.2) is 4.79 Å². The van der Waals surface area contributed by atoms with E-state index in [0.29, 0.717) is 19.4 Å². The lowest BCUT2D eigenvalue weighted by Crippen LogP contribution is -2.41. The SMILES string of the molecule is CC(C)(C)[Si](C)(C)OCCCC(O)C(=O)OCc1ccccc1. The average molecular weight is 339 g/mol. The third-order valence-corrected chi connectivity index (χ3v) is 8.93. The zero-order chi connectivity index (χ0) is 17.5. The fourth-order valence-electron chi connectivity index (χ4n) is 1.76. The summed E-state index contributed by atoms with van der Waals surface area (Å²) in [6.07, 6.45) is -0.0715. The first-order chi connectivity index (χ1) is 10.6. The summed E-state index contributed by atoms with van der Waals surface area (Å²) in [4.78, 5) is 11.8. The Bertz CT molecular complexity index is 480. The molecule has 4 nitrogen and oxygen atoms in total. The molecule has 0 aromatic heterocycles. The predicted octanol–water partition coefficient (Wildman–Crippen LogP) is 3.89. The Kier molecular flexibility index (Phi) is 7.44. The smallest absolute Gasteiger partial charge is 0.335 e. The number of ether oxygens (including phenoxy) is 1. The fourth-order valence-corrected chi connectivity index (χ4v) is 2.85. The van der Waals surface area contributed by atoms with Crippen LogP contribution in [0, 0.1) is 0 Å². The Morgan fingerprint density at radius 1 is 1.22 bits per heavy atom. The van der Waals surface area contributed by atoms with Gasteiger partial charge in [0, 0.05) is 6.61 Å². The summed E-state index contributed by atoms with van der Waals surface area (Å²) in [6.45, 7) is 11.7. The number of benzene rings is 1. The van der Waals surface area contributed by atoms with Gasteiger partial charge < -0.3 is 14.3 Å². The summed E-state index contributed by atoms with van der Waals surface area (Å²) in [6, 6.07) is 9.44. The molecule has 0 aliphatic carbocycles. The van der Waals surface area contributed by atoms with Crippen molar-refractivity contribution in [2.75, 3.05) is 6.61 Å². The summed E-state index contributed by atoms with van der Waals surface area (Å²) in [5.74, 6) is -0.568. The van der Waals surface area contributed by atoms with E-state index in [0.717, 1.165) is 5.56 Å². The fraction of sp³-hybridized carbons (Fsp3) is 0.611. The van der Waals surface area contributed by atoms with Gasteiger partial charge >= 0.3 is 5.97 Å². The highest BCUT2D eigenvalue weighted by atomic mass is 28.4. The molecule has 1 aromatic carbocycles. The number of aliphatic hydroxyl groups is 1. The molecule has 1 N–H and O–H groups in total. The van der Waals surface area contributed by atoms with E-state index in [1.807, 2.05) is 30.3 Å². The van der Waals surface area contributed by atoms with Gasteiger partial charge in [0.25, 0.3) is 0 Å². The number of rotatable bonds is 8. The number of hydrogen-bond donors (Lipinski definition) is 1. The van der Waals surface area contributed by atoms with E-state index in [-0.39, 0.29) is 11.6 Å². The number of carbonyl (C=O) groups is 1. The molecular weight excluding hydrogens is 308 g/mol. The first-order valence-corrected chi connectivity index (χ1v) is 11.1. The Morgan fingerprint density at radius 2 is 1.83 bits per heavy atom. The third kappa shape index (κ3) is 6.85. The molecule has 1 atom stereocenters. The molecule has 0 spiro atoms. The summed E-state index contributed by atoms with van der Waals surface area (Å²) >= 11 is 0. The number of esters is 1. The van der Waals surface area contributed by atoms with Gasteiger partial charge in [-0.1, -0.05) is 51.1 Å². The third-order valence-electron chi connectivity index (χ3n) is 4.39. The van der Waals surface area contributed by atoms with E-state index in [1.165, 1.54) is 0 Å². The van der Waals surface area contributed by atoms with Crippen LogP contribution in [0.4, 0.5) is 0 Å². The largest absolute Gasteiger partial charge is 0.459 e. The van der Waals surface area contributed by atoms with E-state index in [4.69, 9.17) is 9.16 Å². The van der Waals surface area contributed by atoms with Crippen LogP contribution >= 0.6 is 0 Å². The zero-order valence-electron chi connectivity index (χ0n) is 15.0. The maximum absolute atomic E-state index is 11.8. The van der Waals surface area contributed by atoms with Gasteiger partial charge in [-0.3, -0.25) is 0 Å². The maximum atomic E-state index is 11.8. The molecule has 1 aromatic rings. The molecule has 0 fully saturated rings. The van der Waals surface area contributed by atoms with E-state index in [9.17, 15) is 9.90 Å². The van der Waals surface area contributed by atoms with E-state index in [1.54, 1.807) is 0 Å². The second kappa shape index (κ2) is 8.62. The van der Waals surface area contributed by atoms with Crippen LogP contribution in [-0.2, 0) is 20.6 Å². The maximum Gasteiger partial charge on any atom is 0.335 e. The van der Waals surface area contributed by atoms with Crippen LogP contribution in [0.2, 0.25) is 18.1 Å². The summed E-state index contributed by atoms with van der Waals surface area (Å²) < 4.78 is 11.2. The Hall–Kier alpha value is -1.17. The van der Waals surface area contributed by atoms with Crippen molar-refractivity contribution >= 4 is 14.3 Å². The van der Waals surface area contributed by atoms with Crippen molar-refractivity contribution in [3.05, 3.63) is 35.9 Å². The van der Waals surface area contributed by atoms with Crippen LogP contribution in [0.5, 0.6) is 0 Å². The lowest BCUT2D eigenvalue weighted by molar-refractivity contribution is -0.155. The van der Waals surface area contributed by atoms with Crippen LogP contribution in [0.25, 0.3) is 0 Å². The summed E-state index contributed by atoms with van der Waals surface area (Å²) in [7, 11) is -1.76. The average Bonchev–Trinajstić information content (AvgIpc) is 2.48. The zero-order valence-corrected chi connectivity index (χ0v) is 16.0. The minimum atomic E-state index is -1.76. The second-order valence-corrected chi connectivity index (χ2v) is 12.2. The highest BCUT2D eigenvalue weighted by Gasteiger charge is 2.36. The second-order valence-electron chi connectivity index (χ2n) is 7.36. The minimum Gasteiger partial charge on any atom is -0.459 e. The van der Waals surface area contributed by atoms with E-state index >= 15 is 0 Å². The number of aliphatic hydroxyl groups excluding tert-OH is 1. The Morgan fingerprint density at radius 3 is 2.39 bits per heavy atom. The normalized spacial score (nSPS) is 13.7. The monoisotopic (exact) mass is 338 g/mol. The lowest BCUT2D eigenvalue weighted by atomic mass is 10.2. The van der Waals surface area contributed by atoms with Gasteiger partial charge in [0.15, 0.2) is 14.4 Å². The molecule has 0 aliphatic heterocycles. The molecule has 23 heavy (non-hydrogen) atoms. The first kappa shape index (κ1) is 19.9. The van der Waals surface area contributed by atoms with E-state index in [2.05, 4.69) is 33.9 Å². The van der Waals surface area contributed by atoms with E-state index < -0.39 is 20.4 Å². The van der Waals surface area contributed by atoms with Crippen molar-refractivity contribution in [3.8, 4) is 0 Å². The van der Waals surface area contributed by atoms with Gasteiger partial charge in [0.1, 0.15) is 6.61 Å². The molecule has 0 saturated carbocycles. The van der Waals surface area contributed by atoms with Crippen molar-refractivity contribution in [2.24, 2.45) is 0 Å². The van der Waals surface area contributed by atoms with Crippen molar-refractivity contribution in [2.45, 2.75) is 64.5 Å². The van der Waals surface area contributed by atoms with Crippen LogP contribution in [0.3, 0.4) is 0 Å². The van der Waals surface area contributed by atoms with Gasteiger partial charge in [0.2, 0.25) is 0 Å². The molecule has 0 heterocycles. The van der Waals surface area contributed by atoms with Gasteiger partial charge in [-0.15, -0.1) is 0 Å². The van der Waals surface area contributed by atoms with Gasteiger partial charge in [-0.05, 0) is 36.5 Å². The highest BCUT2D eigenvalue weighted by Crippen LogP contribution is 2.36. The summed E-state index contributed by atoms with van der Waals surface area (Å²) in [5, 5.41) is 10.0. The van der Waals surface area contributed by atoms with Gasteiger partial charge in [-0.2, -0.15) is 0 Å². The number of carbonyl (C=O) groups excluding carboxylic acids is 1. The Labute approximate surface area is 140 Å². The molecule has 0 aliphatic rings. The van der Waals surface area contributed by atoms with Crippen LogP contribution in [0.15, 0.2) is 30.3 Å². The molecule has 0 amide bonds. The molecular formula is C18H30O4Si. The van der Waals surface area contributed by atoms with Crippen LogP contribution in [0.1, 0.15) is 39.2 Å². The molecule has 1 unspecified atom stereocenters. The van der Waals surface area contributed by atoms with Crippen LogP contribution < -0.4 is 0 Å². The quantitative estimate of drug-likeness (QED) is 0.444. The van der Waals surface area contributed by atoms with Crippen molar-refractivity contribution in [1.82, 2.24) is 0 Å². The molecule has 5 heteroatoms. The first-order valence-electron chi connectivity index (χ1n) is 8.16. The standard InChI is InChI=1S/C18H30O4Si/c1-18(2,3)23(4,5)22-13-9-12-16(19)17(20)21-14-15-10-7-6-8-11-15/h6-8,10-11,16,19H,9,12-14H2,1-5H3. The summed E-state index contributed by atoms with van der Waals surface area (Å²) in [5.41, 5.74) is 0.911. The predicted molar refractivity (Wildman–Crippen MR) is 94.6 cm³/mol. The molecule has 1 rings (SSSR count). The molecule has 0 bridgehead atoms. The topological polar surface area (TPSA) is 55.8 Å². The highest BCUT2D eigenvalue weighted by molar-refractivity contribution is 6.74. The minimum absolute atomic E-state index is 0.167. The molecule has 130 valence electrons. The van der Waals surface area contributed by atoms with Gasteiger partial charge in [0.05, 0.1) is 0 Å². The molecule has 0 saturated heterocycles. The van der Waals surface area contributed by atoms with Crippen LogP contribution in [-0.4, -0.2) is 32.1 Å². The van der Waals surface area contributed by atoms with Crippen molar-refractivity contribution < 1.29 is 19.1 Å². The lowest BCUT2D eigenvalue weighted by Gasteiger charge is -2.36. The molecule has 0 radical (unpaired) electrons.